The number of aliphatic imine (C=N–C) groups is 1. The summed E-state index contributed by atoms with van der Waals surface area (Å²) in [7, 11) is 5.61. The first-order chi connectivity index (χ1) is 13.6. The summed E-state index contributed by atoms with van der Waals surface area (Å²) in [5.41, 5.74) is 5.17. The molecule has 2 heterocycles. The van der Waals surface area contributed by atoms with Crippen LogP contribution < -0.4 is 10.1 Å². The van der Waals surface area contributed by atoms with Crippen LogP contribution in [0.3, 0.4) is 0 Å². The van der Waals surface area contributed by atoms with Gasteiger partial charge in [-0.3, -0.25) is 9.67 Å². The van der Waals surface area contributed by atoms with Crippen molar-refractivity contribution in [2.24, 2.45) is 12.0 Å². The molecule has 29 heavy (non-hydrogen) atoms. The quantitative estimate of drug-likeness (QED) is 0.365. The molecule has 1 fully saturated rings. The molecule has 1 aromatic carbocycles. The normalized spacial score (nSPS) is 16.7. The third kappa shape index (κ3) is 5.24. The summed E-state index contributed by atoms with van der Waals surface area (Å²) in [5.74, 6) is 2.41. The second kappa shape index (κ2) is 10.8. The predicted octanol–water partition coefficient (Wildman–Crippen LogP) is 3.74. The Kier molecular flexibility index (Phi) is 8.79. The summed E-state index contributed by atoms with van der Waals surface area (Å²) in [6.07, 6.45) is 3.08. The van der Waals surface area contributed by atoms with Gasteiger partial charge in [-0.05, 0) is 37.0 Å². The first-order valence-corrected chi connectivity index (χ1v) is 10.2. The van der Waals surface area contributed by atoms with Gasteiger partial charge >= 0.3 is 0 Å². The van der Waals surface area contributed by atoms with Crippen LogP contribution in [0.4, 0.5) is 0 Å². The molecule has 0 saturated carbocycles. The van der Waals surface area contributed by atoms with Crippen molar-refractivity contribution < 1.29 is 4.74 Å². The van der Waals surface area contributed by atoms with Crippen LogP contribution in [-0.4, -0.2) is 47.9 Å². The van der Waals surface area contributed by atoms with Crippen LogP contribution in [0.25, 0.3) is 0 Å². The van der Waals surface area contributed by atoms with E-state index in [-0.39, 0.29) is 24.0 Å². The fourth-order valence-corrected chi connectivity index (χ4v) is 4.19. The van der Waals surface area contributed by atoms with Crippen LogP contribution in [0.5, 0.6) is 5.75 Å². The minimum absolute atomic E-state index is 0. The lowest BCUT2D eigenvalue weighted by atomic mass is 9.98. The van der Waals surface area contributed by atoms with Gasteiger partial charge in [0.05, 0.1) is 12.8 Å². The van der Waals surface area contributed by atoms with Crippen LogP contribution in [0, 0.1) is 0 Å². The number of benzene rings is 1. The highest BCUT2D eigenvalue weighted by Gasteiger charge is 2.26. The van der Waals surface area contributed by atoms with Crippen molar-refractivity contribution in [3.8, 4) is 5.75 Å². The third-order valence-electron chi connectivity index (χ3n) is 5.74. The summed E-state index contributed by atoms with van der Waals surface area (Å²) < 4.78 is 7.30. The number of hydrogen-bond donors (Lipinski definition) is 1. The molecule has 0 spiro atoms. The van der Waals surface area contributed by atoms with Gasteiger partial charge in [0, 0.05) is 50.9 Å². The zero-order valence-electron chi connectivity index (χ0n) is 18.2. The molecule has 1 aliphatic rings. The molecule has 0 amide bonds. The van der Waals surface area contributed by atoms with E-state index >= 15 is 0 Å². The Morgan fingerprint density at radius 3 is 2.55 bits per heavy atom. The van der Waals surface area contributed by atoms with Gasteiger partial charge < -0.3 is 15.0 Å². The number of likely N-dealkylation sites (tertiary alicyclic amines) is 1. The van der Waals surface area contributed by atoms with Gasteiger partial charge in [-0.25, -0.2) is 0 Å². The fraction of sp³-hybridized carbons (Fsp3) is 0.545. The number of guanidine groups is 1. The average Bonchev–Trinajstić information content (AvgIpc) is 3.33. The minimum atomic E-state index is 0. The van der Waals surface area contributed by atoms with Crippen molar-refractivity contribution in [2.75, 3.05) is 27.2 Å². The summed E-state index contributed by atoms with van der Waals surface area (Å²) in [6.45, 7) is 7.14. The number of aromatic nitrogens is 2. The highest BCUT2D eigenvalue weighted by Crippen LogP contribution is 2.28. The largest absolute Gasteiger partial charge is 0.497 e. The molecular weight excluding hydrogens is 477 g/mol. The molecule has 1 unspecified atom stereocenters. The number of halogens is 1. The SMILES string of the molecule is CCc1nn(C)c(CC)c1CNC(=NC)N1CCC(c2ccc(OC)cc2)C1.I. The van der Waals surface area contributed by atoms with E-state index in [1.807, 2.05) is 30.9 Å². The Hall–Kier alpha value is -1.77. The molecule has 6 nitrogen and oxygen atoms in total. The molecule has 0 radical (unpaired) electrons. The number of ether oxygens (including phenoxy) is 1. The lowest BCUT2D eigenvalue weighted by Gasteiger charge is -2.22. The van der Waals surface area contributed by atoms with Gasteiger partial charge in [0.25, 0.3) is 0 Å². The van der Waals surface area contributed by atoms with E-state index < -0.39 is 0 Å². The van der Waals surface area contributed by atoms with Gasteiger partial charge in [0.1, 0.15) is 5.75 Å². The van der Waals surface area contributed by atoms with Crippen LogP contribution >= 0.6 is 24.0 Å². The molecule has 0 bridgehead atoms. The van der Waals surface area contributed by atoms with E-state index in [9.17, 15) is 0 Å². The predicted molar refractivity (Wildman–Crippen MR) is 130 cm³/mol. The molecule has 1 N–H and O–H groups in total. The zero-order chi connectivity index (χ0) is 20.1. The van der Waals surface area contributed by atoms with E-state index in [1.54, 1.807) is 7.11 Å². The smallest absolute Gasteiger partial charge is 0.193 e. The van der Waals surface area contributed by atoms with Crippen molar-refractivity contribution in [3.63, 3.8) is 0 Å². The highest BCUT2D eigenvalue weighted by molar-refractivity contribution is 14.0. The van der Waals surface area contributed by atoms with Gasteiger partial charge in [-0.15, -0.1) is 24.0 Å². The molecule has 1 atom stereocenters. The highest BCUT2D eigenvalue weighted by atomic mass is 127. The summed E-state index contributed by atoms with van der Waals surface area (Å²) >= 11 is 0. The third-order valence-corrected chi connectivity index (χ3v) is 5.74. The monoisotopic (exact) mass is 511 g/mol. The molecule has 7 heteroatoms. The lowest BCUT2D eigenvalue weighted by molar-refractivity contribution is 0.414. The van der Waals surface area contributed by atoms with Crippen LogP contribution in [0.1, 0.15) is 48.7 Å². The van der Waals surface area contributed by atoms with Crippen LogP contribution in [0.2, 0.25) is 0 Å². The molecule has 0 aliphatic carbocycles. The lowest BCUT2D eigenvalue weighted by Crippen LogP contribution is -2.39. The molecule has 160 valence electrons. The van der Waals surface area contributed by atoms with E-state index in [0.717, 1.165) is 50.6 Å². The van der Waals surface area contributed by atoms with Gasteiger partial charge in [0.2, 0.25) is 0 Å². The maximum Gasteiger partial charge on any atom is 0.193 e. The number of aryl methyl sites for hydroxylation is 2. The molecular formula is C22H34IN5O. The van der Waals surface area contributed by atoms with E-state index in [0.29, 0.717) is 5.92 Å². The van der Waals surface area contributed by atoms with Crippen molar-refractivity contribution in [1.29, 1.82) is 0 Å². The van der Waals surface area contributed by atoms with Crippen LogP contribution in [-0.2, 0) is 26.4 Å². The van der Waals surface area contributed by atoms with Crippen molar-refractivity contribution in [3.05, 3.63) is 46.8 Å². The van der Waals surface area contributed by atoms with Crippen molar-refractivity contribution in [1.82, 2.24) is 20.0 Å². The topological polar surface area (TPSA) is 54.7 Å². The van der Waals surface area contributed by atoms with E-state index in [4.69, 9.17) is 4.74 Å². The van der Waals surface area contributed by atoms with Crippen molar-refractivity contribution in [2.45, 2.75) is 45.6 Å². The summed E-state index contributed by atoms with van der Waals surface area (Å²) in [5, 5.41) is 8.26. The number of rotatable bonds is 6. The number of nitrogens with zero attached hydrogens (tertiary/aromatic N) is 4. The average molecular weight is 511 g/mol. The zero-order valence-corrected chi connectivity index (χ0v) is 20.6. The standard InChI is InChI=1S/C22H33N5O.HI/c1-6-20-19(21(7-2)26(4)25-20)14-24-22(23-3)27-13-12-17(15-27)16-8-10-18(28-5)11-9-16;/h8-11,17H,6-7,12-15H2,1-5H3,(H,23,24);1H. The maximum absolute atomic E-state index is 5.28. The Labute approximate surface area is 191 Å². The molecule has 1 saturated heterocycles. The minimum Gasteiger partial charge on any atom is -0.497 e. The van der Waals surface area contributed by atoms with Gasteiger partial charge in [0.15, 0.2) is 5.96 Å². The summed E-state index contributed by atoms with van der Waals surface area (Å²) in [4.78, 5) is 6.91. The second-order valence-electron chi connectivity index (χ2n) is 7.31. The molecule has 3 rings (SSSR count). The van der Waals surface area contributed by atoms with E-state index in [1.165, 1.54) is 22.5 Å². The Balaban J connectivity index is 0.00000300. The fourth-order valence-electron chi connectivity index (χ4n) is 4.19. The van der Waals surface area contributed by atoms with Gasteiger partial charge in [-0.1, -0.05) is 26.0 Å². The molecule has 2 aromatic rings. The maximum atomic E-state index is 5.28. The Bertz CT molecular complexity index is 815. The Morgan fingerprint density at radius 1 is 1.24 bits per heavy atom. The van der Waals surface area contributed by atoms with Crippen LogP contribution in [0.15, 0.2) is 29.3 Å². The summed E-state index contributed by atoms with van der Waals surface area (Å²) in [6, 6.07) is 8.46. The number of nitrogens with one attached hydrogen (secondary N) is 1. The molecule has 1 aromatic heterocycles. The van der Waals surface area contributed by atoms with E-state index in [2.05, 4.69) is 46.3 Å². The van der Waals surface area contributed by atoms with Crippen molar-refractivity contribution >= 4 is 29.9 Å². The first-order valence-electron chi connectivity index (χ1n) is 10.2. The van der Waals surface area contributed by atoms with Gasteiger partial charge in [-0.2, -0.15) is 5.10 Å². The Morgan fingerprint density at radius 2 is 1.97 bits per heavy atom. The number of methoxy groups -OCH3 is 1. The first kappa shape index (κ1) is 23.5. The number of hydrogen-bond acceptors (Lipinski definition) is 3. The molecule has 1 aliphatic heterocycles. The second-order valence-corrected chi connectivity index (χ2v) is 7.31.